The van der Waals surface area contributed by atoms with Crippen molar-refractivity contribution in [1.82, 2.24) is 10.2 Å². The molecule has 0 unspecified atom stereocenters. The summed E-state index contributed by atoms with van der Waals surface area (Å²) in [5.41, 5.74) is 0. The van der Waals surface area contributed by atoms with Crippen LogP contribution in [-0.2, 0) is 14.3 Å². The van der Waals surface area contributed by atoms with Gasteiger partial charge in [-0.1, -0.05) is 0 Å². The number of nitrogens with zero attached hydrogens (tertiary/aromatic N) is 2. The Morgan fingerprint density at radius 2 is 2.09 bits per heavy atom. The molecule has 1 fully saturated rings. The molecule has 0 bridgehead atoms. The summed E-state index contributed by atoms with van der Waals surface area (Å²) in [5.74, 6) is 1.55. The van der Waals surface area contributed by atoms with Crippen LogP contribution < -0.4 is 5.32 Å². The Kier molecular flexibility index (Phi) is 9.62. The quantitative estimate of drug-likeness (QED) is 0.319. The molecule has 6 nitrogen and oxygen atoms in total. The van der Waals surface area contributed by atoms with Gasteiger partial charge < -0.3 is 19.7 Å². The van der Waals surface area contributed by atoms with Crippen LogP contribution in [0.4, 0.5) is 0 Å². The van der Waals surface area contributed by atoms with Crippen molar-refractivity contribution < 1.29 is 14.3 Å². The van der Waals surface area contributed by atoms with Crippen molar-refractivity contribution in [2.24, 2.45) is 10.9 Å². The minimum atomic E-state index is -0.141. The van der Waals surface area contributed by atoms with Crippen molar-refractivity contribution in [3.05, 3.63) is 0 Å². The van der Waals surface area contributed by atoms with E-state index in [1.807, 2.05) is 7.05 Å². The van der Waals surface area contributed by atoms with E-state index < -0.39 is 0 Å². The largest absolute Gasteiger partial charge is 0.469 e. The molecule has 22 heavy (non-hydrogen) atoms. The van der Waals surface area contributed by atoms with E-state index in [1.165, 1.54) is 26.4 Å². The highest BCUT2D eigenvalue weighted by Crippen LogP contribution is 2.18. The Hall–Kier alpha value is -1.30. The van der Waals surface area contributed by atoms with Crippen molar-refractivity contribution >= 4 is 11.9 Å². The zero-order valence-electron chi connectivity index (χ0n) is 14.3. The summed E-state index contributed by atoms with van der Waals surface area (Å²) < 4.78 is 10.0. The Balaban J connectivity index is 2.15. The van der Waals surface area contributed by atoms with Gasteiger partial charge in [0.1, 0.15) is 0 Å². The molecule has 1 saturated heterocycles. The molecule has 1 aliphatic heterocycles. The predicted octanol–water partition coefficient (Wildman–Crippen LogP) is 1.65. The summed E-state index contributed by atoms with van der Waals surface area (Å²) in [4.78, 5) is 17.5. The molecule has 0 amide bonds. The first kappa shape index (κ1) is 18.7. The van der Waals surface area contributed by atoms with Crippen molar-refractivity contribution in [2.45, 2.75) is 38.5 Å². The van der Waals surface area contributed by atoms with Crippen LogP contribution in [0.3, 0.4) is 0 Å². The highest BCUT2D eigenvalue weighted by molar-refractivity contribution is 5.79. The lowest BCUT2D eigenvalue weighted by Gasteiger charge is -2.26. The van der Waals surface area contributed by atoms with E-state index >= 15 is 0 Å². The molecule has 0 aromatic rings. The summed E-state index contributed by atoms with van der Waals surface area (Å²) in [6.45, 7) is 3.64. The minimum Gasteiger partial charge on any atom is -0.469 e. The number of carbonyl (C=O) groups excluding carboxylic acids is 1. The zero-order valence-corrected chi connectivity index (χ0v) is 14.3. The van der Waals surface area contributed by atoms with Crippen molar-refractivity contribution in [1.29, 1.82) is 0 Å². The molecule has 0 saturated carbocycles. The first-order chi connectivity index (χ1) is 10.7. The maximum absolute atomic E-state index is 11.0. The molecule has 0 aromatic carbocycles. The van der Waals surface area contributed by atoms with Crippen LogP contribution in [0.5, 0.6) is 0 Å². The van der Waals surface area contributed by atoms with E-state index in [0.29, 0.717) is 6.42 Å². The van der Waals surface area contributed by atoms with E-state index in [4.69, 9.17) is 4.74 Å². The summed E-state index contributed by atoms with van der Waals surface area (Å²) in [5, 5.41) is 3.35. The van der Waals surface area contributed by atoms with Crippen molar-refractivity contribution in [3.8, 4) is 0 Å². The molecule has 1 N–H and O–H groups in total. The molecule has 0 atom stereocenters. The summed E-state index contributed by atoms with van der Waals surface area (Å²) in [6.07, 6.45) is 5.78. The maximum atomic E-state index is 11.0. The number of rotatable bonds is 8. The second kappa shape index (κ2) is 11.3. The third kappa shape index (κ3) is 7.64. The summed E-state index contributed by atoms with van der Waals surface area (Å²) in [6, 6.07) is 0. The number of methoxy groups -OCH3 is 1. The van der Waals surface area contributed by atoms with Gasteiger partial charge >= 0.3 is 5.97 Å². The number of guanidine groups is 1. The van der Waals surface area contributed by atoms with Crippen molar-refractivity contribution in [2.75, 3.05) is 47.5 Å². The van der Waals surface area contributed by atoms with E-state index in [-0.39, 0.29) is 5.97 Å². The van der Waals surface area contributed by atoms with Crippen LogP contribution in [0, 0.1) is 5.92 Å². The van der Waals surface area contributed by atoms with Crippen LogP contribution in [-0.4, -0.2) is 64.3 Å². The average molecular weight is 313 g/mol. The molecule has 1 heterocycles. The van der Waals surface area contributed by atoms with Gasteiger partial charge in [-0.2, -0.15) is 0 Å². The van der Waals surface area contributed by atoms with Gasteiger partial charge in [-0.05, 0) is 38.0 Å². The van der Waals surface area contributed by atoms with Crippen LogP contribution in [0.15, 0.2) is 4.99 Å². The third-order valence-corrected chi connectivity index (χ3v) is 4.11. The van der Waals surface area contributed by atoms with Gasteiger partial charge in [0.15, 0.2) is 5.96 Å². The fourth-order valence-corrected chi connectivity index (χ4v) is 2.60. The van der Waals surface area contributed by atoms with Crippen LogP contribution in [0.25, 0.3) is 0 Å². The maximum Gasteiger partial charge on any atom is 0.305 e. The molecule has 0 radical (unpaired) electrons. The van der Waals surface area contributed by atoms with Gasteiger partial charge in [0.25, 0.3) is 0 Å². The molecule has 6 heteroatoms. The lowest BCUT2D eigenvalue weighted by molar-refractivity contribution is -0.140. The summed E-state index contributed by atoms with van der Waals surface area (Å²) in [7, 11) is 5.31. The summed E-state index contributed by atoms with van der Waals surface area (Å²) >= 11 is 0. The average Bonchev–Trinajstić information content (AvgIpc) is 2.56. The lowest BCUT2D eigenvalue weighted by atomic mass is 9.96. The number of hydrogen-bond acceptors (Lipinski definition) is 4. The number of esters is 1. The van der Waals surface area contributed by atoms with Crippen LogP contribution >= 0.6 is 0 Å². The van der Waals surface area contributed by atoms with E-state index in [1.54, 1.807) is 0 Å². The Morgan fingerprint density at radius 1 is 1.36 bits per heavy atom. The number of carbonyl (C=O) groups is 1. The van der Waals surface area contributed by atoms with Crippen molar-refractivity contribution in [3.63, 3.8) is 0 Å². The first-order valence-electron chi connectivity index (χ1n) is 8.23. The van der Waals surface area contributed by atoms with E-state index in [9.17, 15) is 4.79 Å². The first-order valence-corrected chi connectivity index (χ1v) is 8.23. The lowest BCUT2D eigenvalue weighted by Crippen LogP contribution is -2.40. The van der Waals surface area contributed by atoms with E-state index in [0.717, 1.165) is 51.0 Å². The van der Waals surface area contributed by atoms with Gasteiger partial charge in [0, 0.05) is 46.8 Å². The topological polar surface area (TPSA) is 63.2 Å². The van der Waals surface area contributed by atoms with Gasteiger partial charge in [0.05, 0.1) is 7.11 Å². The normalized spacial score (nSPS) is 16.4. The number of ether oxygens (including phenoxy) is 2. The molecule has 128 valence electrons. The molecular formula is C16H31N3O3. The smallest absolute Gasteiger partial charge is 0.305 e. The minimum absolute atomic E-state index is 0.141. The fraction of sp³-hybridized carbons (Fsp3) is 0.875. The Bertz CT molecular complexity index is 342. The van der Waals surface area contributed by atoms with Gasteiger partial charge in [-0.15, -0.1) is 0 Å². The number of aliphatic imine (C=N–C) groups is 1. The third-order valence-electron chi connectivity index (χ3n) is 4.11. The van der Waals surface area contributed by atoms with Gasteiger partial charge in [-0.3, -0.25) is 9.79 Å². The van der Waals surface area contributed by atoms with Crippen LogP contribution in [0.1, 0.15) is 38.5 Å². The molecular weight excluding hydrogens is 282 g/mol. The zero-order chi connectivity index (χ0) is 16.2. The molecule has 1 rings (SSSR count). The van der Waals surface area contributed by atoms with Gasteiger partial charge in [0.2, 0.25) is 0 Å². The monoisotopic (exact) mass is 313 g/mol. The van der Waals surface area contributed by atoms with Crippen LogP contribution in [0.2, 0.25) is 0 Å². The number of unbranched alkanes of at least 4 members (excludes halogenated alkanes) is 1. The van der Waals surface area contributed by atoms with Gasteiger partial charge in [-0.25, -0.2) is 0 Å². The molecule has 0 aliphatic carbocycles. The van der Waals surface area contributed by atoms with E-state index in [2.05, 4.69) is 27.0 Å². The highest BCUT2D eigenvalue weighted by Gasteiger charge is 2.15. The Morgan fingerprint density at radius 3 is 2.73 bits per heavy atom. The second-order valence-corrected chi connectivity index (χ2v) is 5.77. The molecule has 0 spiro atoms. The molecule has 1 aliphatic rings. The fourth-order valence-electron chi connectivity index (χ4n) is 2.60. The highest BCUT2D eigenvalue weighted by atomic mass is 16.5. The standard InChI is InChI=1S/C16H31N3O3/c1-17-16(18-10-5-4-6-15(20)21-3)19(2)11-7-14-8-12-22-13-9-14/h14H,4-13H2,1-3H3,(H,17,18). The predicted molar refractivity (Wildman–Crippen MR) is 88.0 cm³/mol. The number of nitrogens with one attached hydrogen (secondary N) is 1. The second-order valence-electron chi connectivity index (χ2n) is 5.77. The number of hydrogen-bond donors (Lipinski definition) is 1. The Labute approximate surface area is 134 Å². The molecule has 0 aromatic heterocycles. The SMILES string of the molecule is CN=C(NCCCCC(=O)OC)N(C)CCC1CCOCC1.